The molecule has 7 nitrogen and oxygen atoms in total. The molecule has 0 heterocycles. The van der Waals surface area contributed by atoms with Crippen LogP contribution in [0.2, 0.25) is 0 Å². The van der Waals surface area contributed by atoms with Gasteiger partial charge in [-0.3, -0.25) is 4.79 Å². The van der Waals surface area contributed by atoms with E-state index in [1.165, 1.54) is 0 Å². The van der Waals surface area contributed by atoms with E-state index in [1.807, 2.05) is 13.8 Å². The molecule has 0 unspecified atom stereocenters. The first kappa shape index (κ1) is 19.8. The first-order valence-electron chi connectivity index (χ1n) is 9.03. The van der Waals surface area contributed by atoms with Crippen LogP contribution >= 0.6 is 0 Å². The first-order valence-corrected chi connectivity index (χ1v) is 9.03. The van der Waals surface area contributed by atoms with Crippen molar-refractivity contribution in [2.75, 3.05) is 11.9 Å². The number of urea groups is 1. The average Bonchev–Trinajstić information content (AvgIpc) is 3.04. The number of anilines is 1. The standard InChI is InChI=1S/C19H27N3O4/c1-4-26-17(24)19(10-5-6-11-19)22-16(23)14-8-7-9-15(12-14)21-18(25)20-13(2)3/h7-9,12-13H,4-6,10-11H2,1-3H3,(H,22,23)(H2,20,21,25). The summed E-state index contributed by atoms with van der Waals surface area (Å²) in [5, 5.41) is 8.28. The third-order valence-corrected chi connectivity index (χ3v) is 4.28. The molecule has 1 aliphatic rings. The number of carbonyl (C=O) groups is 3. The van der Waals surface area contributed by atoms with Crippen molar-refractivity contribution in [1.29, 1.82) is 0 Å². The van der Waals surface area contributed by atoms with Gasteiger partial charge in [0.2, 0.25) is 0 Å². The highest BCUT2D eigenvalue weighted by atomic mass is 16.5. The zero-order chi connectivity index (χ0) is 19.2. The Bertz CT molecular complexity index is 667. The Balaban J connectivity index is 2.10. The molecule has 2 rings (SSSR count). The maximum atomic E-state index is 12.7. The summed E-state index contributed by atoms with van der Waals surface area (Å²) in [7, 11) is 0. The molecule has 1 aromatic carbocycles. The Kier molecular flexibility index (Phi) is 6.60. The molecule has 0 atom stereocenters. The van der Waals surface area contributed by atoms with Gasteiger partial charge in [0.25, 0.3) is 5.91 Å². The van der Waals surface area contributed by atoms with E-state index in [4.69, 9.17) is 4.74 Å². The van der Waals surface area contributed by atoms with Crippen LogP contribution in [0.25, 0.3) is 0 Å². The molecular formula is C19H27N3O4. The van der Waals surface area contributed by atoms with Crippen molar-refractivity contribution >= 4 is 23.6 Å². The van der Waals surface area contributed by atoms with Gasteiger partial charge in [-0.2, -0.15) is 0 Å². The molecule has 0 spiro atoms. The molecule has 142 valence electrons. The molecule has 3 amide bonds. The molecule has 7 heteroatoms. The van der Waals surface area contributed by atoms with Gasteiger partial charge in [0.05, 0.1) is 6.61 Å². The maximum absolute atomic E-state index is 12.7. The molecule has 1 aliphatic carbocycles. The van der Waals surface area contributed by atoms with Crippen molar-refractivity contribution in [2.45, 2.75) is 58.0 Å². The minimum absolute atomic E-state index is 0.00767. The summed E-state index contributed by atoms with van der Waals surface area (Å²) in [6.45, 7) is 5.75. The molecule has 0 aliphatic heterocycles. The summed E-state index contributed by atoms with van der Waals surface area (Å²) < 4.78 is 5.16. The number of hydrogen-bond acceptors (Lipinski definition) is 4. The average molecular weight is 361 g/mol. The maximum Gasteiger partial charge on any atom is 0.331 e. The van der Waals surface area contributed by atoms with Gasteiger partial charge < -0.3 is 20.7 Å². The number of benzene rings is 1. The lowest BCUT2D eigenvalue weighted by Crippen LogP contribution is -2.53. The summed E-state index contributed by atoms with van der Waals surface area (Å²) >= 11 is 0. The molecule has 3 N–H and O–H groups in total. The number of nitrogens with one attached hydrogen (secondary N) is 3. The van der Waals surface area contributed by atoms with Gasteiger partial charge in [-0.05, 0) is 51.8 Å². The normalized spacial score (nSPS) is 15.4. The van der Waals surface area contributed by atoms with E-state index in [-0.39, 0.29) is 30.6 Å². The van der Waals surface area contributed by atoms with Crippen LogP contribution in [0.5, 0.6) is 0 Å². The summed E-state index contributed by atoms with van der Waals surface area (Å²) in [5.74, 6) is -0.732. The fraction of sp³-hybridized carbons (Fsp3) is 0.526. The largest absolute Gasteiger partial charge is 0.464 e. The van der Waals surface area contributed by atoms with Crippen LogP contribution in [-0.2, 0) is 9.53 Å². The summed E-state index contributed by atoms with van der Waals surface area (Å²) in [4.78, 5) is 36.8. The number of hydrogen-bond donors (Lipinski definition) is 3. The van der Waals surface area contributed by atoms with E-state index in [2.05, 4.69) is 16.0 Å². The van der Waals surface area contributed by atoms with Crippen molar-refractivity contribution in [2.24, 2.45) is 0 Å². The molecule has 1 saturated carbocycles. The first-order chi connectivity index (χ1) is 12.4. The Morgan fingerprint density at radius 2 is 1.88 bits per heavy atom. The summed E-state index contributed by atoms with van der Waals surface area (Å²) in [5.41, 5.74) is -0.0683. The number of carbonyl (C=O) groups excluding carboxylic acids is 3. The molecular weight excluding hydrogens is 334 g/mol. The minimum Gasteiger partial charge on any atom is -0.464 e. The van der Waals surface area contributed by atoms with Gasteiger partial charge in [-0.15, -0.1) is 0 Å². The lowest BCUT2D eigenvalue weighted by Gasteiger charge is -2.27. The highest BCUT2D eigenvalue weighted by molar-refractivity contribution is 6.00. The highest BCUT2D eigenvalue weighted by Crippen LogP contribution is 2.31. The van der Waals surface area contributed by atoms with E-state index < -0.39 is 5.54 Å². The van der Waals surface area contributed by atoms with E-state index >= 15 is 0 Å². The van der Waals surface area contributed by atoms with Gasteiger partial charge in [-0.1, -0.05) is 18.9 Å². The lowest BCUT2D eigenvalue weighted by molar-refractivity contribution is -0.150. The second-order valence-corrected chi connectivity index (χ2v) is 6.80. The second kappa shape index (κ2) is 8.69. The van der Waals surface area contributed by atoms with Crippen LogP contribution in [0, 0.1) is 0 Å². The predicted molar refractivity (Wildman–Crippen MR) is 99.0 cm³/mol. The molecule has 1 fully saturated rings. The third-order valence-electron chi connectivity index (χ3n) is 4.28. The molecule has 0 saturated heterocycles. The molecule has 26 heavy (non-hydrogen) atoms. The van der Waals surface area contributed by atoms with Crippen molar-refractivity contribution in [3.63, 3.8) is 0 Å². The number of ether oxygens (including phenoxy) is 1. The second-order valence-electron chi connectivity index (χ2n) is 6.80. The fourth-order valence-corrected chi connectivity index (χ4v) is 3.08. The van der Waals surface area contributed by atoms with E-state index in [1.54, 1.807) is 31.2 Å². The van der Waals surface area contributed by atoms with Crippen LogP contribution in [-0.4, -0.2) is 36.1 Å². The summed E-state index contributed by atoms with van der Waals surface area (Å²) in [6.07, 6.45) is 2.89. The Hall–Kier alpha value is -2.57. The van der Waals surface area contributed by atoms with Crippen molar-refractivity contribution in [3.05, 3.63) is 29.8 Å². The van der Waals surface area contributed by atoms with E-state index in [0.29, 0.717) is 24.1 Å². The fourth-order valence-electron chi connectivity index (χ4n) is 3.08. The molecule has 1 aromatic rings. The van der Waals surface area contributed by atoms with Crippen LogP contribution in [0.3, 0.4) is 0 Å². The molecule has 0 aromatic heterocycles. The molecule has 0 radical (unpaired) electrons. The topological polar surface area (TPSA) is 96.5 Å². The Morgan fingerprint density at radius 1 is 1.19 bits per heavy atom. The third kappa shape index (κ3) is 4.97. The van der Waals surface area contributed by atoms with Crippen LogP contribution in [0.4, 0.5) is 10.5 Å². The number of esters is 1. The lowest BCUT2D eigenvalue weighted by atomic mass is 9.97. The zero-order valence-electron chi connectivity index (χ0n) is 15.6. The van der Waals surface area contributed by atoms with Gasteiger partial charge in [-0.25, -0.2) is 9.59 Å². The van der Waals surface area contributed by atoms with E-state index in [0.717, 1.165) is 12.8 Å². The van der Waals surface area contributed by atoms with Crippen molar-refractivity contribution in [1.82, 2.24) is 10.6 Å². The smallest absolute Gasteiger partial charge is 0.331 e. The number of rotatable bonds is 6. The quantitative estimate of drug-likeness (QED) is 0.679. The molecule has 0 bridgehead atoms. The van der Waals surface area contributed by atoms with Crippen molar-refractivity contribution in [3.8, 4) is 0 Å². The monoisotopic (exact) mass is 361 g/mol. The summed E-state index contributed by atoms with van der Waals surface area (Å²) in [6, 6.07) is 6.29. The highest BCUT2D eigenvalue weighted by Gasteiger charge is 2.43. The SMILES string of the molecule is CCOC(=O)C1(NC(=O)c2cccc(NC(=O)NC(C)C)c2)CCCC1. The van der Waals surface area contributed by atoms with Crippen molar-refractivity contribution < 1.29 is 19.1 Å². The van der Waals surface area contributed by atoms with Gasteiger partial charge >= 0.3 is 12.0 Å². The predicted octanol–water partition coefficient (Wildman–Crippen LogP) is 2.82. The van der Waals surface area contributed by atoms with Gasteiger partial charge in [0, 0.05) is 17.3 Å². The Morgan fingerprint density at radius 3 is 2.50 bits per heavy atom. The van der Waals surface area contributed by atoms with Gasteiger partial charge in [0.1, 0.15) is 5.54 Å². The van der Waals surface area contributed by atoms with Crippen LogP contribution < -0.4 is 16.0 Å². The van der Waals surface area contributed by atoms with Gasteiger partial charge in [0.15, 0.2) is 0 Å². The zero-order valence-corrected chi connectivity index (χ0v) is 15.6. The van der Waals surface area contributed by atoms with Crippen LogP contribution in [0.1, 0.15) is 56.8 Å². The Labute approximate surface area is 153 Å². The number of amides is 3. The van der Waals surface area contributed by atoms with Crippen LogP contribution in [0.15, 0.2) is 24.3 Å². The van der Waals surface area contributed by atoms with E-state index in [9.17, 15) is 14.4 Å². The minimum atomic E-state index is -0.953.